The lowest BCUT2D eigenvalue weighted by molar-refractivity contribution is -0.116. The Labute approximate surface area is 143 Å². The molecule has 122 valence electrons. The summed E-state index contributed by atoms with van der Waals surface area (Å²) in [5, 5.41) is 7.02. The summed E-state index contributed by atoms with van der Waals surface area (Å²) in [5.41, 5.74) is 4.37. The third-order valence-electron chi connectivity index (χ3n) is 3.70. The fourth-order valence-corrected chi connectivity index (χ4v) is 2.42. The van der Waals surface area contributed by atoms with Gasteiger partial charge < -0.3 is 10.6 Å². The molecule has 0 aliphatic carbocycles. The van der Waals surface area contributed by atoms with Crippen LogP contribution < -0.4 is 10.6 Å². The van der Waals surface area contributed by atoms with Gasteiger partial charge in [-0.15, -0.1) is 0 Å². The average molecular weight is 331 g/mol. The highest BCUT2D eigenvalue weighted by atomic mass is 35.5. The molecule has 2 rings (SSSR count). The van der Waals surface area contributed by atoms with E-state index in [4.69, 9.17) is 11.6 Å². The van der Waals surface area contributed by atoms with Crippen LogP contribution in [0.1, 0.15) is 23.1 Å². The van der Waals surface area contributed by atoms with Gasteiger partial charge in [0.1, 0.15) is 0 Å². The molecule has 2 aromatic carbocycles. The fraction of sp³-hybridized carbons (Fsp3) is 0.316. The first-order valence-corrected chi connectivity index (χ1v) is 8.24. The van der Waals surface area contributed by atoms with Gasteiger partial charge in [-0.2, -0.15) is 0 Å². The van der Waals surface area contributed by atoms with E-state index < -0.39 is 0 Å². The van der Waals surface area contributed by atoms with Crippen LogP contribution in [0.15, 0.2) is 42.5 Å². The van der Waals surface area contributed by atoms with E-state index in [-0.39, 0.29) is 5.91 Å². The molecule has 0 bridgehead atoms. The molecular weight excluding hydrogens is 308 g/mol. The highest BCUT2D eigenvalue weighted by Crippen LogP contribution is 2.16. The summed E-state index contributed by atoms with van der Waals surface area (Å²) in [4.78, 5) is 12.0. The highest BCUT2D eigenvalue weighted by Gasteiger charge is 2.04. The first kappa shape index (κ1) is 17.5. The molecule has 0 saturated heterocycles. The third-order valence-corrected chi connectivity index (χ3v) is 3.95. The van der Waals surface area contributed by atoms with Gasteiger partial charge in [-0.3, -0.25) is 4.79 Å². The first-order valence-electron chi connectivity index (χ1n) is 7.87. The molecule has 0 atom stereocenters. The van der Waals surface area contributed by atoms with Gasteiger partial charge >= 0.3 is 0 Å². The largest absolute Gasteiger partial charge is 0.326 e. The highest BCUT2D eigenvalue weighted by molar-refractivity contribution is 6.30. The summed E-state index contributed by atoms with van der Waals surface area (Å²) in [6.45, 7) is 5.54. The smallest absolute Gasteiger partial charge is 0.225 e. The van der Waals surface area contributed by atoms with Crippen LogP contribution in [-0.2, 0) is 11.2 Å². The molecule has 0 aromatic heterocycles. The first-order chi connectivity index (χ1) is 11.0. The maximum Gasteiger partial charge on any atom is 0.225 e. The van der Waals surface area contributed by atoms with Gasteiger partial charge in [-0.25, -0.2) is 0 Å². The Kier molecular flexibility index (Phi) is 6.63. The predicted molar refractivity (Wildman–Crippen MR) is 97.2 cm³/mol. The monoisotopic (exact) mass is 330 g/mol. The summed E-state index contributed by atoms with van der Waals surface area (Å²) < 4.78 is 0. The zero-order valence-electron chi connectivity index (χ0n) is 13.7. The third kappa shape index (κ3) is 6.05. The standard InChI is InChI=1S/C19H23ClN2O/c1-14-3-4-15(2)18(13-14)22-19(23)10-12-21-11-9-16-5-7-17(20)8-6-16/h3-8,13,21H,9-12H2,1-2H3,(H,22,23). The second-order valence-corrected chi connectivity index (χ2v) is 6.18. The van der Waals surface area contributed by atoms with Gasteiger partial charge in [0.15, 0.2) is 0 Å². The molecule has 0 unspecified atom stereocenters. The van der Waals surface area contributed by atoms with Crippen LogP contribution in [-0.4, -0.2) is 19.0 Å². The number of nitrogens with one attached hydrogen (secondary N) is 2. The molecule has 0 radical (unpaired) electrons. The number of aryl methyl sites for hydroxylation is 2. The summed E-state index contributed by atoms with van der Waals surface area (Å²) in [7, 11) is 0. The summed E-state index contributed by atoms with van der Waals surface area (Å²) >= 11 is 5.86. The van der Waals surface area contributed by atoms with Crippen LogP contribution in [0.2, 0.25) is 5.02 Å². The Morgan fingerprint density at radius 2 is 1.78 bits per heavy atom. The maximum atomic E-state index is 12.0. The Balaban J connectivity index is 1.67. The maximum absolute atomic E-state index is 12.0. The quantitative estimate of drug-likeness (QED) is 0.750. The number of hydrogen-bond acceptors (Lipinski definition) is 2. The fourth-order valence-electron chi connectivity index (χ4n) is 2.29. The van der Waals surface area contributed by atoms with Gasteiger partial charge in [0.2, 0.25) is 5.91 Å². The molecule has 0 aliphatic rings. The van der Waals surface area contributed by atoms with Crippen molar-refractivity contribution in [2.45, 2.75) is 26.7 Å². The Bertz CT molecular complexity index is 653. The lowest BCUT2D eigenvalue weighted by Gasteiger charge is -2.10. The molecule has 0 fully saturated rings. The lowest BCUT2D eigenvalue weighted by Crippen LogP contribution is -2.23. The molecule has 3 nitrogen and oxygen atoms in total. The minimum atomic E-state index is 0.0395. The molecule has 4 heteroatoms. The molecule has 2 aromatic rings. The number of carbonyl (C=O) groups excluding carboxylic acids is 1. The predicted octanol–water partition coefficient (Wildman–Crippen LogP) is 4.12. The van der Waals surface area contributed by atoms with E-state index in [0.717, 1.165) is 34.8 Å². The second-order valence-electron chi connectivity index (χ2n) is 5.74. The van der Waals surface area contributed by atoms with Crippen molar-refractivity contribution >= 4 is 23.2 Å². The van der Waals surface area contributed by atoms with Crippen LogP contribution in [0, 0.1) is 13.8 Å². The number of rotatable bonds is 7. The zero-order valence-corrected chi connectivity index (χ0v) is 14.4. The molecule has 1 amide bonds. The zero-order chi connectivity index (χ0) is 16.7. The van der Waals surface area contributed by atoms with Crippen LogP contribution in [0.4, 0.5) is 5.69 Å². The molecule has 0 aliphatic heterocycles. The van der Waals surface area contributed by atoms with Gasteiger partial charge in [-0.1, -0.05) is 35.9 Å². The number of benzene rings is 2. The van der Waals surface area contributed by atoms with E-state index in [1.807, 2.05) is 56.3 Å². The van der Waals surface area contributed by atoms with Crippen LogP contribution >= 0.6 is 11.6 Å². The van der Waals surface area contributed by atoms with Crippen molar-refractivity contribution < 1.29 is 4.79 Å². The Morgan fingerprint density at radius 3 is 2.52 bits per heavy atom. The van der Waals surface area contributed by atoms with Crippen molar-refractivity contribution in [3.05, 3.63) is 64.2 Å². The van der Waals surface area contributed by atoms with E-state index in [2.05, 4.69) is 10.6 Å². The Morgan fingerprint density at radius 1 is 1.04 bits per heavy atom. The number of carbonyl (C=O) groups is 1. The summed E-state index contributed by atoms with van der Waals surface area (Å²) in [6.07, 6.45) is 1.39. The van der Waals surface area contributed by atoms with Crippen molar-refractivity contribution in [2.24, 2.45) is 0 Å². The van der Waals surface area contributed by atoms with Crippen LogP contribution in [0.3, 0.4) is 0 Å². The Hall–Kier alpha value is -1.84. The van der Waals surface area contributed by atoms with Crippen molar-refractivity contribution in [1.82, 2.24) is 5.32 Å². The van der Waals surface area contributed by atoms with Gasteiger partial charge in [0.05, 0.1) is 0 Å². The molecule has 23 heavy (non-hydrogen) atoms. The van der Waals surface area contributed by atoms with Crippen molar-refractivity contribution in [2.75, 3.05) is 18.4 Å². The molecule has 0 heterocycles. The van der Waals surface area contributed by atoms with E-state index >= 15 is 0 Å². The summed E-state index contributed by atoms with van der Waals surface area (Å²) in [6, 6.07) is 13.9. The molecule has 2 N–H and O–H groups in total. The summed E-state index contributed by atoms with van der Waals surface area (Å²) in [5.74, 6) is 0.0395. The molecular formula is C19H23ClN2O. The topological polar surface area (TPSA) is 41.1 Å². The number of halogens is 1. The normalized spacial score (nSPS) is 10.6. The van der Waals surface area contributed by atoms with Crippen molar-refractivity contribution in [3.63, 3.8) is 0 Å². The van der Waals surface area contributed by atoms with E-state index in [1.165, 1.54) is 5.56 Å². The van der Waals surface area contributed by atoms with E-state index in [9.17, 15) is 4.79 Å². The van der Waals surface area contributed by atoms with Crippen molar-refractivity contribution in [1.29, 1.82) is 0 Å². The molecule has 0 spiro atoms. The minimum Gasteiger partial charge on any atom is -0.326 e. The van der Waals surface area contributed by atoms with Gasteiger partial charge in [-0.05, 0) is 61.7 Å². The van der Waals surface area contributed by atoms with Gasteiger partial charge in [0.25, 0.3) is 0 Å². The average Bonchev–Trinajstić information content (AvgIpc) is 2.52. The second kappa shape index (κ2) is 8.70. The van der Waals surface area contributed by atoms with Crippen molar-refractivity contribution in [3.8, 4) is 0 Å². The minimum absolute atomic E-state index is 0.0395. The van der Waals surface area contributed by atoms with E-state index in [0.29, 0.717) is 13.0 Å². The number of hydrogen-bond donors (Lipinski definition) is 2. The van der Waals surface area contributed by atoms with Gasteiger partial charge in [0, 0.05) is 23.7 Å². The van der Waals surface area contributed by atoms with Crippen LogP contribution in [0.5, 0.6) is 0 Å². The van der Waals surface area contributed by atoms with Crippen LogP contribution in [0.25, 0.3) is 0 Å². The molecule has 0 saturated carbocycles. The number of anilines is 1. The lowest BCUT2D eigenvalue weighted by atomic mass is 10.1. The van der Waals surface area contributed by atoms with E-state index in [1.54, 1.807) is 0 Å². The number of amides is 1. The SMILES string of the molecule is Cc1ccc(C)c(NC(=O)CCNCCc2ccc(Cl)cc2)c1.